The Morgan fingerprint density at radius 2 is 2.43 bits per heavy atom. The maximum atomic E-state index is 3.53. The van der Waals surface area contributed by atoms with Gasteiger partial charge in [-0.1, -0.05) is 0 Å². The van der Waals surface area contributed by atoms with E-state index in [4.69, 9.17) is 0 Å². The third-order valence-corrected chi connectivity index (χ3v) is 5.27. The second-order valence-corrected chi connectivity index (χ2v) is 6.13. The van der Waals surface area contributed by atoms with Gasteiger partial charge in [0.05, 0.1) is 0 Å². The Bertz CT molecular complexity index is 255. The van der Waals surface area contributed by atoms with Crippen LogP contribution in [0, 0.1) is 5.92 Å². The van der Waals surface area contributed by atoms with E-state index < -0.39 is 0 Å². The molecule has 2 fully saturated rings. The zero-order chi connectivity index (χ0) is 9.38. The summed E-state index contributed by atoms with van der Waals surface area (Å²) in [5, 5.41) is 10.4. The summed E-state index contributed by atoms with van der Waals surface area (Å²) in [6, 6.07) is 0.627. The third-order valence-electron chi connectivity index (χ3n) is 3.09. The Kier molecular flexibility index (Phi) is 2.51. The fraction of sp³-hybridized carbons (Fsp3) is 0.778. The number of hydrogen-bond donors (Lipinski definition) is 3. The number of fused-ring (bicyclic) bond motifs is 2. The minimum absolute atomic E-state index is 0.627. The summed E-state index contributed by atoms with van der Waals surface area (Å²) < 4.78 is 1.60. The van der Waals surface area contributed by atoms with Gasteiger partial charge in [0.1, 0.15) is 0 Å². The molecule has 4 nitrogen and oxygen atoms in total. The summed E-state index contributed by atoms with van der Waals surface area (Å²) in [6.45, 7) is 4.39. The fourth-order valence-corrected chi connectivity index (χ4v) is 4.23. The molecule has 3 aliphatic rings. The van der Waals surface area contributed by atoms with Gasteiger partial charge in [-0.2, -0.15) is 0 Å². The Labute approximate surface area is 90.6 Å². The first-order valence-electron chi connectivity index (χ1n) is 5.18. The number of nitrogens with one attached hydrogen (secondary N) is 3. The monoisotopic (exact) mass is 260 g/mol. The Morgan fingerprint density at radius 1 is 1.43 bits per heavy atom. The molecule has 0 saturated carbocycles. The van der Waals surface area contributed by atoms with Crippen molar-refractivity contribution in [1.82, 2.24) is 20.9 Å². The summed E-state index contributed by atoms with van der Waals surface area (Å²) in [5.74, 6) is 0.753. The van der Waals surface area contributed by atoms with Gasteiger partial charge in [-0.15, -0.1) is 0 Å². The SMILES string of the molecule is C1=C2[Se]CNCN2CC2CNCNC12. The van der Waals surface area contributed by atoms with Gasteiger partial charge in [0.25, 0.3) is 0 Å². The summed E-state index contributed by atoms with van der Waals surface area (Å²) >= 11 is 0.649. The molecule has 0 amide bonds. The van der Waals surface area contributed by atoms with Crippen LogP contribution in [0.25, 0.3) is 0 Å². The van der Waals surface area contributed by atoms with E-state index in [2.05, 4.69) is 26.9 Å². The first-order valence-corrected chi connectivity index (χ1v) is 7.25. The summed E-state index contributed by atoms with van der Waals surface area (Å²) in [4.78, 5) is 2.51. The van der Waals surface area contributed by atoms with E-state index in [0.717, 1.165) is 25.8 Å². The summed E-state index contributed by atoms with van der Waals surface area (Å²) in [5.41, 5.74) is 1.20. The zero-order valence-electron chi connectivity index (χ0n) is 8.12. The first kappa shape index (κ1) is 9.19. The van der Waals surface area contributed by atoms with Crippen LogP contribution in [0.15, 0.2) is 10.7 Å². The Balaban J connectivity index is 1.80. The minimum atomic E-state index is 0.627. The topological polar surface area (TPSA) is 39.3 Å². The molecule has 3 heterocycles. The van der Waals surface area contributed by atoms with Gasteiger partial charge in [0.2, 0.25) is 0 Å². The molecule has 0 aliphatic carbocycles. The molecule has 0 spiro atoms. The van der Waals surface area contributed by atoms with E-state index in [9.17, 15) is 0 Å². The zero-order valence-corrected chi connectivity index (χ0v) is 9.84. The second kappa shape index (κ2) is 3.83. The van der Waals surface area contributed by atoms with Gasteiger partial charge >= 0.3 is 90.3 Å². The molecule has 0 radical (unpaired) electrons. The molecule has 2 unspecified atom stereocenters. The van der Waals surface area contributed by atoms with E-state index in [0.29, 0.717) is 21.0 Å². The van der Waals surface area contributed by atoms with Crippen molar-refractivity contribution in [1.29, 1.82) is 0 Å². The van der Waals surface area contributed by atoms with Crippen molar-refractivity contribution in [3.63, 3.8) is 0 Å². The van der Waals surface area contributed by atoms with Crippen LogP contribution in [-0.2, 0) is 0 Å². The van der Waals surface area contributed by atoms with Gasteiger partial charge in [-0.05, 0) is 0 Å². The van der Waals surface area contributed by atoms with E-state index in [1.807, 2.05) is 0 Å². The molecule has 3 rings (SSSR count). The molecular weight excluding hydrogens is 243 g/mol. The molecule has 5 heteroatoms. The van der Waals surface area contributed by atoms with Gasteiger partial charge < -0.3 is 0 Å². The van der Waals surface area contributed by atoms with Gasteiger partial charge in [-0.25, -0.2) is 0 Å². The molecule has 78 valence electrons. The quantitative estimate of drug-likeness (QED) is 0.463. The van der Waals surface area contributed by atoms with Crippen molar-refractivity contribution in [3.05, 3.63) is 10.7 Å². The van der Waals surface area contributed by atoms with Gasteiger partial charge in [0.15, 0.2) is 0 Å². The van der Waals surface area contributed by atoms with Crippen LogP contribution in [-0.4, -0.2) is 57.8 Å². The van der Waals surface area contributed by atoms with Crippen LogP contribution in [0.4, 0.5) is 0 Å². The van der Waals surface area contributed by atoms with Crippen molar-refractivity contribution in [2.45, 2.75) is 6.04 Å². The number of hydrogen-bond acceptors (Lipinski definition) is 4. The Morgan fingerprint density at radius 3 is 3.43 bits per heavy atom. The van der Waals surface area contributed by atoms with Crippen molar-refractivity contribution in [2.75, 3.05) is 31.9 Å². The van der Waals surface area contributed by atoms with Crippen molar-refractivity contribution >= 4 is 15.0 Å². The molecule has 0 bridgehead atoms. The molecule has 2 atom stereocenters. The van der Waals surface area contributed by atoms with Crippen LogP contribution in [0.1, 0.15) is 0 Å². The van der Waals surface area contributed by atoms with Crippen molar-refractivity contribution < 1.29 is 0 Å². The van der Waals surface area contributed by atoms with Crippen LogP contribution in [0.3, 0.4) is 0 Å². The molecule has 3 N–H and O–H groups in total. The van der Waals surface area contributed by atoms with Crippen LogP contribution in [0.5, 0.6) is 0 Å². The predicted octanol–water partition coefficient (Wildman–Crippen LogP) is -1.50. The van der Waals surface area contributed by atoms with E-state index in [1.165, 1.54) is 12.0 Å². The average molecular weight is 259 g/mol. The van der Waals surface area contributed by atoms with Crippen LogP contribution in [0.2, 0.25) is 0 Å². The predicted molar refractivity (Wildman–Crippen MR) is 56.7 cm³/mol. The standard InChI is InChI=1S/C9H16N4Se/c1-8-7(2-10-4-12-8)3-13-5-11-6-14-9(1)13/h1,7-8,10-12H,2-6H2. The van der Waals surface area contributed by atoms with Crippen LogP contribution < -0.4 is 16.0 Å². The summed E-state index contributed by atoms with van der Waals surface area (Å²) in [6.07, 6.45) is 2.47. The van der Waals surface area contributed by atoms with E-state index in [1.54, 1.807) is 4.60 Å². The molecule has 2 saturated heterocycles. The van der Waals surface area contributed by atoms with Crippen molar-refractivity contribution in [3.8, 4) is 0 Å². The van der Waals surface area contributed by atoms with Crippen LogP contribution >= 0.6 is 0 Å². The molecule has 14 heavy (non-hydrogen) atoms. The average Bonchev–Trinajstić information content (AvgIpc) is 2.26. The van der Waals surface area contributed by atoms with Gasteiger partial charge in [0, 0.05) is 0 Å². The number of nitrogens with zero attached hydrogens (tertiary/aromatic N) is 1. The van der Waals surface area contributed by atoms with E-state index in [-0.39, 0.29) is 0 Å². The first-order chi connectivity index (χ1) is 6.93. The molecule has 3 aliphatic heterocycles. The molecule has 0 aromatic rings. The fourth-order valence-electron chi connectivity index (χ4n) is 2.33. The summed E-state index contributed by atoms with van der Waals surface area (Å²) in [7, 11) is 0. The van der Waals surface area contributed by atoms with E-state index >= 15 is 0 Å². The Hall–Kier alpha value is -0.0605. The molecule has 0 aromatic carbocycles. The van der Waals surface area contributed by atoms with Gasteiger partial charge in [-0.3, -0.25) is 0 Å². The molecular formula is C9H16N4Se. The molecule has 0 aromatic heterocycles. The normalized spacial score (nSPS) is 37.1. The third kappa shape index (κ3) is 1.59. The second-order valence-electron chi connectivity index (χ2n) is 4.04. The van der Waals surface area contributed by atoms with Crippen molar-refractivity contribution in [2.24, 2.45) is 5.92 Å². The maximum absolute atomic E-state index is 3.53. The number of rotatable bonds is 0.